The molecule has 0 atom stereocenters. The second kappa shape index (κ2) is 10.3. The topological polar surface area (TPSA) is 97.3 Å². The molecule has 158 valence electrons. The van der Waals surface area contributed by atoms with Crippen molar-refractivity contribution in [3.63, 3.8) is 0 Å². The number of hydrogen-bond donors (Lipinski definition) is 2. The molecule has 2 N–H and O–H groups in total. The fraction of sp³-hybridized carbons (Fsp3) is 0.273. The molecule has 1 amide bonds. The maximum atomic E-state index is 12.0. The molecule has 0 spiro atoms. The van der Waals surface area contributed by atoms with Crippen LogP contribution < -0.4 is 15.0 Å². The lowest BCUT2D eigenvalue weighted by Gasteiger charge is -2.28. The Morgan fingerprint density at radius 2 is 1.90 bits per heavy atom. The molecule has 1 aliphatic rings. The van der Waals surface area contributed by atoms with Crippen LogP contribution in [0.1, 0.15) is 5.56 Å². The van der Waals surface area contributed by atoms with Crippen molar-refractivity contribution < 1.29 is 28.9 Å². The minimum atomic E-state index is -0.653. The molecule has 3 rings (SSSR count). The number of hydrogen-bond acceptors (Lipinski definition) is 7. The highest BCUT2D eigenvalue weighted by atomic mass is 16.5. The van der Waals surface area contributed by atoms with Crippen LogP contribution in [0, 0.1) is 0 Å². The first-order chi connectivity index (χ1) is 14.5. The van der Waals surface area contributed by atoms with E-state index in [1.165, 1.54) is 25.3 Å². The molecule has 2 aromatic carbocycles. The Kier molecular flexibility index (Phi) is 7.29. The molecule has 2 aromatic rings. The number of phenols is 1. The van der Waals surface area contributed by atoms with Crippen LogP contribution >= 0.6 is 0 Å². The highest BCUT2D eigenvalue weighted by Gasteiger charge is 2.11. The molecule has 0 aliphatic carbocycles. The zero-order valence-corrected chi connectivity index (χ0v) is 16.7. The standard InChI is InChI=1S/C22H24N2O6/c1-28-20-14-16(2-8-19(20)25)3-9-22(27)30-15-21(26)23-17-4-6-18(7-5-17)24-10-12-29-13-11-24/h2-9,14,25H,10-13,15H2,1H3,(H,23,26)/b9-3+. The number of amides is 1. The predicted octanol–water partition coefficient (Wildman–Crippen LogP) is 2.43. The Morgan fingerprint density at radius 1 is 1.17 bits per heavy atom. The van der Waals surface area contributed by atoms with Crippen molar-refractivity contribution in [3.8, 4) is 11.5 Å². The van der Waals surface area contributed by atoms with E-state index in [0.29, 0.717) is 30.2 Å². The van der Waals surface area contributed by atoms with Gasteiger partial charge in [0.05, 0.1) is 20.3 Å². The minimum Gasteiger partial charge on any atom is -0.504 e. The highest BCUT2D eigenvalue weighted by molar-refractivity contribution is 5.94. The molecule has 8 heteroatoms. The summed E-state index contributed by atoms with van der Waals surface area (Å²) in [4.78, 5) is 26.1. The summed E-state index contributed by atoms with van der Waals surface area (Å²) in [5, 5.41) is 12.3. The van der Waals surface area contributed by atoms with Crippen LogP contribution in [0.4, 0.5) is 11.4 Å². The van der Waals surface area contributed by atoms with Gasteiger partial charge in [0.2, 0.25) is 0 Å². The van der Waals surface area contributed by atoms with Crippen molar-refractivity contribution in [2.75, 3.05) is 50.2 Å². The Balaban J connectivity index is 1.45. The first-order valence-corrected chi connectivity index (χ1v) is 9.49. The molecule has 0 bridgehead atoms. The average molecular weight is 412 g/mol. The number of phenolic OH excluding ortho intramolecular Hbond substituents is 1. The van der Waals surface area contributed by atoms with E-state index in [9.17, 15) is 14.7 Å². The van der Waals surface area contributed by atoms with Crippen molar-refractivity contribution in [3.05, 3.63) is 54.1 Å². The third kappa shape index (κ3) is 5.99. The lowest BCUT2D eigenvalue weighted by Crippen LogP contribution is -2.36. The third-order valence-corrected chi connectivity index (χ3v) is 4.49. The second-order valence-electron chi connectivity index (χ2n) is 6.57. The van der Waals surface area contributed by atoms with Gasteiger partial charge in [-0.25, -0.2) is 4.79 Å². The molecular formula is C22H24N2O6. The van der Waals surface area contributed by atoms with Gasteiger partial charge in [-0.15, -0.1) is 0 Å². The first kappa shape index (κ1) is 21.2. The molecule has 30 heavy (non-hydrogen) atoms. The highest BCUT2D eigenvalue weighted by Crippen LogP contribution is 2.26. The molecule has 0 radical (unpaired) electrons. The van der Waals surface area contributed by atoms with E-state index in [2.05, 4.69) is 10.2 Å². The van der Waals surface area contributed by atoms with Gasteiger partial charge in [-0.1, -0.05) is 6.07 Å². The van der Waals surface area contributed by atoms with Gasteiger partial charge in [-0.05, 0) is 48.0 Å². The monoisotopic (exact) mass is 412 g/mol. The lowest BCUT2D eigenvalue weighted by atomic mass is 10.2. The number of nitrogens with one attached hydrogen (secondary N) is 1. The van der Waals surface area contributed by atoms with Gasteiger partial charge in [0.25, 0.3) is 5.91 Å². The number of anilines is 2. The van der Waals surface area contributed by atoms with E-state index in [-0.39, 0.29) is 5.75 Å². The van der Waals surface area contributed by atoms with Gasteiger partial charge in [0, 0.05) is 30.5 Å². The molecule has 0 saturated carbocycles. The van der Waals surface area contributed by atoms with Crippen LogP contribution in [0.3, 0.4) is 0 Å². The Hall–Kier alpha value is -3.52. The number of esters is 1. The Bertz CT molecular complexity index is 904. The van der Waals surface area contributed by atoms with Gasteiger partial charge in [0.15, 0.2) is 18.1 Å². The van der Waals surface area contributed by atoms with Crippen molar-refractivity contribution in [1.29, 1.82) is 0 Å². The Labute approximate surface area is 174 Å². The summed E-state index contributed by atoms with van der Waals surface area (Å²) in [7, 11) is 1.44. The van der Waals surface area contributed by atoms with E-state index in [1.807, 2.05) is 24.3 Å². The van der Waals surface area contributed by atoms with Crippen LogP contribution in [-0.4, -0.2) is 57.0 Å². The molecular weight excluding hydrogens is 388 g/mol. The summed E-state index contributed by atoms with van der Waals surface area (Å²) in [5.41, 5.74) is 2.34. The maximum absolute atomic E-state index is 12.0. The summed E-state index contributed by atoms with van der Waals surface area (Å²) >= 11 is 0. The minimum absolute atomic E-state index is 0.00637. The summed E-state index contributed by atoms with van der Waals surface area (Å²) in [5.74, 6) is -0.779. The van der Waals surface area contributed by atoms with Crippen molar-refractivity contribution in [2.45, 2.75) is 0 Å². The van der Waals surface area contributed by atoms with Crippen molar-refractivity contribution >= 4 is 29.3 Å². The smallest absolute Gasteiger partial charge is 0.331 e. The zero-order chi connectivity index (χ0) is 21.3. The summed E-state index contributed by atoms with van der Waals surface area (Å²) in [6.07, 6.45) is 2.71. The van der Waals surface area contributed by atoms with E-state index in [0.717, 1.165) is 18.8 Å². The van der Waals surface area contributed by atoms with Gasteiger partial charge in [-0.3, -0.25) is 4.79 Å². The van der Waals surface area contributed by atoms with Crippen LogP contribution in [-0.2, 0) is 19.1 Å². The van der Waals surface area contributed by atoms with Crippen LogP contribution in [0.25, 0.3) is 6.08 Å². The van der Waals surface area contributed by atoms with Crippen LogP contribution in [0.5, 0.6) is 11.5 Å². The Morgan fingerprint density at radius 3 is 2.60 bits per heavy atom. The number of rotatable bonds is 7. The molecule has 0 aromatic heterocycles. The van der Waals surface area contributed by atoms with Gasteiger partial charge < -0.3 is 29.5 Å². The fourth-order valence-electron chi connectivity index (χ4n) is 2.92. The zero-order valence-electron chi connectivity index (χ0n) is 16.7. The number of morpholine rings is 1. The van der Waals surface area contributed by atoms with Crippen molar-refractivity contribution in [1.82, 2.24) is 0 Å². The quantitative estimate of drug-likeness (QED) is 0.532. The van der Waals surface area contributed by atoms with Gasteiger partial charge >= 0.3 is 5.97 Å². The van der Waals surface area contributed by atoms with Gasteiger partial charge in [-0.2, -0.15) is 0 Å². The summed E-state index contributed by atoms with van der Waals surface area (Å²) in [6, 6.07) is 12.1. The molecule has 1 saturated heterocycles. The van der Waals surface area contributed by atoms with E-state index in [4.69, 9.17) is 14.2 Å². The second-order valence-corrected chi connectivity index (χ2v) is 6.57. The first-order valence-electron chi connectivity index (χ1n) is 9.49. The van der Waals surface area contributed by atoms with E-state index in [1.54, 1.807) is 12.1 Å². The predicted molar refractivity (Wildman–Crippen MR) is 113 cm³/mol. The molecule has 1 aliphatic heterocycles. The fourth-order valence-corrected chi connectivity index (χ4v) is 2.92. The average Bonchev–Trinajstić information content (AvgIpc) is 2.78. The molecule has 1 heterocycles. The summed E-state index contributed by atoms with van der Waals surface area (Å²) < 4.78 is 15.3. The largest absolute Gasteiger partial charge is 0.504 e. The number of nitrogens with zero attached hydrogens (tertiary/aromatic N) is 1. The van der Waals surface area contributed by atoms with Crippen molar-refractivity contribution in [2.24, 2.45) is 0 Å². The number of ether oxygens (including phenoxy) is 3. The van der Waals surface area contributed by atoms with Crippen LogP contribution in [0.2, 0.25) is 0 Å². The molecule has 0 unspecified atom stereocenters. The number of carbonyl (C=O) groups excluding carboxylic acids is 2. The number of aromatic hydroxyl groups is 1. The third-order valence-electron chi connectivity index (χ3n) is 4.49. The lowest BCUT2D eigenvalue weighted by molar-refractivity contribution is -0.142. The summed E-state index contributed by atoms with van der Waals surface area (Å²) in [6.45, 7) is 2.70. The number of benzene rings is 2. The molecule has 8 nitrogen and oxygen atoms in total. The van der Waals surface area contributed by atoms with Crippen LogP contribution in [0.15, 0.2) is 48.5 Å². The van der Waals surface area contributed by atoms with Gasteiger partial charge in [0.1, 0.15) is 0 Å². The number of methoxy groups -OCH3 is 1. The maximum Gasteiger partial charge on any atom is 0.331 e. The number of carbonyl (C=O) groups is 2. The SMILES string of the molecule is COc1cc(/C=C/C(=O)OCC(=O)Nc2ccc(N3CCOCC3)cc2)ccc1O. The van der Waals surface area contributed by atoms with E-state index < -0.39 is 18.5 Å². The molecule has 1 fully saturated rings. The normalized spacial score (nSPS) is 13.8. The van der Waals surface area contributed by atoms with E-state index >= 15 is 0 Å².